The standard InChI is InChI=1S/C12H16F2N4O3S/c1-17-4-9(16-8-17)22(20,21)18-6-11(2-3-15-10(11)19)5-12(13,14)7-18/h4,8H,2-3,5-7H2,1H3,(H,15,19)/t11-/m1/s1. The van der Waals surface area contributed by atoms with E-state index in [0.717, 1.165) is 0 Å². The van der Waals surface area contributed by atoms with E-state index in [0.29, 0.717) is 4.31 Å². The van der Waals surface area contributed by atoms with Gasteiger partial charge in [-0.3, -0.25) is 4.79 Å². The summed E-state index contributed by atoms with van der Waals surface area (Å²) >= 11 is 0. The van der Waals surface area contributed by atoms with Gasteiger partial charge in [-0.2, -0.15) is 4.31 Å². The minimum absolute atomic E-state index is 0.204. The Morgan fingerprint density at radius 2 is 2.09 bits per heavy atom. The van der Waals surface area contributed by atoms with E-state index in [1.165, 1.54) is 17.1 Å². The fourth-order valence-electron chi connectivity index (χ4n) is 3.12. The minimum Gasteiger partial charge on any atom is -0.356 e. The molecule has 22 heavy (non-hydrogen) atoms. The molecule has 0 radical (unpaired) electrons. The summed E-state index contributed by atoms with van der Waals surface area (Å²) in [7, 11) is -2.57. The molecule has 1 aromatic heterocycles. The Labute approximate surface area is 126 Å². The number of rotatable bonds is 2. The Morgan fingerprint density at radius 3 is 2.64 bits per heavy atom. The van der Waals surface area contributed by atoms with Crippen molar-refractivity contribution in [1.29, 1.82) is 0 Å². The molecule has 1 amide bonds. The summed E-state index contributed by atoms with van der Waals surface area (Å²) in [6.45, 7) is -0.888. The first-order valence-corrected chi connectivity index (χ1v) is 8.23. The molecule has 3 rings (SSSR count). The van der Waals surface area contributed by atoms with Crippen molar-refractivity contribution in [2.45, 2.75) is 23.8 Å². The minimum atomic E-state index is -4.16. The number of nitrogens with one attached hydrogen (secondary N) is 1. The molecule has 2 aliphatic heterocycles. The number of aryl methyl sites for hydroxylation is 1. The number of piperidine rings is 1. The number of nitrogens with zero attached hydrogens (tertiary/aromatic N) is 3. The summed E-state index contributed by atoms with van der Waals surface area (Å²) in [5.74, 6) is -3.75. The average molecular weight is 334 g/mol. The van der Waals surface area contributed by atoms with Crippen molar-refractivity contribution >= 4 is 15.9 Å². The number of carbonyl (C=O) groups excluding carboxylic acids is 1. The van der Waals surface area contributed by atoms with Gasteiger partial charge in [-0.15, -0.1) is 0 Å². The molecule has 1 N–H and O–H groups in total. The zero-order valence-electron chi connectivity index (χ0n) is 11.9. The van der Waals surface area contributed by atoms with E-state index >= 15 is 0 Å². The monoisotopic (exact) mass is 334 g/mol. The van der Waals surface area contributed by atoms with Crippen molar-refractivity contribution in [3.8, 4) is 0 Å². The van der Waals surface area contributed by atoms with Gasteiger partial charge >= 0.3 is 0 Å². The van der Waals surface area contributed by atoms with Gasteiger partial charge in [-0.05, 0) is 6.42 Å². The van der Waals surface area contributed by atoms with Crippen molar-refractivity contribution in [2.24, 2.45) is 12.5 Å². The van der Waals surface area contributed by atoms with Crippen molar-refractivity contribution in [3.05, 3.63) is 12.5 Å². The van der Waals surface area contributed by atoms with Crippen molar-refractivity contribution in [1.82, 2.24) is 19.2 Å². The fraction of sp³-hybridized carbons (Fsp3) is 0.667. The van der Waals surface area contributed by atoms with Crippen LogP contribution in [0.4, 0.5) is 8.78 Å². The van der Waals surface area contributed by atoms with Crippen LogP contribution >= 0.6 is 0 Å². The number of amides is 1. The molecular weight excluding hydrogens is 318 g/mol. The van der Waals surface area contributed by atoms with Crippen LogP contribution < -0.4 is 5.32 Å². The van der Waals surface area contributed by atoms with Crippen molar-refractivity contribution < 1.29 is 22.0 Å². The van der Waals surface area contributed by atoms with Crippen molar-refractivity contribution in [2.75, 3.05) is 19.6 Å². The zero-order chi connectivity index (χ0) is 16.2. The Kier molecular flexibility index (Phi) is 3.29. The second kappa shape index (κ2) is 4.72. The van der Waals surface area contributed by atoms with E-state index in [9.17, 15) is 22.0 Å². The number of hydrogen-bond acceptors (Lipinski definition) is 4. The van der Waals surface area contributed by atoms with Crippen LogP contribution in [0.1, 0.15) is 12.8 Å². The number of aromatic nitrogens is 2. The predicted molar refractivity (Wildman–Crippen MR) is 71.6 cm³/mol. The van der Waals surface area contributed by atoms with E-state index in [-0.39, 0.29) is 24.5 Å². The Hall–Kier alpha value is -1.55. The molecule has 0 unspecified atom stereocenters. The molecular formula is C12H16F2N4O3S. The van der Waals surface area contributed by atoms with E-state index in [1.54, 1.807) is 7.05 Å². The van der Waals surface area contributed by atoms with E-state index in [1.807, 2.05) is 0 Å². The molecule has 0 aliphatic carbocycles. The van der Waals surface area contributed by atoms with Crippen LogP contribution in [0.2, 0.25) is 0 Å². The lowest BCUT2D eigenvalue weighted by atomic mass is 9.78. The summed E-state index contributed by atoms with van der Waals surface area (Å²) in [6, 6.07) is 0. The number of imidazole rings is 1. The highest BCUT2D eigenvalue weighted by Crippen LogP contribution is 2.44. The highest BCUT2D eigenvalue weighted by atomic mass is 32.2. The molecule has 0 aromatic carbocycles. The maximum atomic E-state index is 14.1. The predicted octanol–water partition coefficient (Wildman–Crippen LogP) is -0.0439. The molecule has 0 saturated carbocycles. The fourth-order valence-corrected chi connectivity index (χ4v) is 4.64. The first kappa shape index (κ1) is 15.3. The number of hydrogen-bond donors (Lipinski definition) is 1. The molecule has 7 nitrogen and oxygen atoms in total. The van der Waals surface area contributed by atoms with Gasteiger partial charge in [0.15, 0.2) is 5.03 Å². The maximum Gasteiger partial charge on any atom is 0.262 e. The van der Waals surface area contributed by atoms with E-state index < -0.39 is 40.2 Å². The third-order valence-corrected chi connectivity index (χ3v) is 5.82. The number of halogens is 2. The normalized spacial score (nSPS) is 29.0. The number of sulfonamides is 1. The quantitative estimate of drug-likeness (QED) is 0.822. The molecule has 2 fully saturated rings. The van der Waals surface area contributed by atoms with Gasteiger partial charge in [0.25, 0.3) is 15.9 Å². The SMILES string of the molecule is Cn1cnc(S(=O)(=O)N2CC(F)(F)C[C@]3(CCNC3=O)C2)c1. The van der Waals surface area contributed by atoms with Crippen LogP contribution in [0, 0.1) is 5.41 Å². The lowest BCUT2D eigenvalue weighted by molar-refractivity contribution is -0.142. The molecule has 122 valence electrons. The molecule has 1 spiro atoms. The number of carbonyl (C=O) groups is 1. The topological polar surface area (TPSA) is 84.3 Å². The maximum absolute atomic E-state index is 14.1. The van der Waals surface area contributed by atoms with Gasteiger partial charge in [0.05, 0.1) is 18.3 Å². The van der Waals surface area contributed by atoms with Crippen molar-refractivity contribution in [3.63, 3.8) is 0 Å². The molecule has 1 atom stereocenters. The third kappa shape index (κ3) is 2.39. The smallest absolute Gasteiger partial charge is 0.262 e. The summed E-state index contributed by atoms with van der Waals surface area (Å²) in [5.41, 5.74) is -1.36. The molecule has 2 aliphatic rings. The second-order valence-electron chi connectivity index (χ2n) is 5.97. The van der Waals surface area contributed by atoms with Gasteiger partial charge in [0.1, 0.15) is 0 Å². The number of alkyl halides is 2. The first-order valence-electron chi connectivity index (χ1n) is 6.79. The van der Waals surface area contributed by atoms with Gasteiger partial charge < -0.3 is 9.88 Å². The van der Waals surface area contributed by atoms with E-state index in [4.69, 9.17) is 0 Å². The summed E-state index contributed by atoms with van der Waals surface area (Å²) in [6.07, 6.45) is 2.12. The van der Waals surface area contributed by atoms with Gasteiger partial charge in [0.2, 0.25) is 5.91 Å². The first-order chi connectivity index (χ1) is 10.1. The third-order valence-electron chi connectivity index (χ3n) is 4.14. The molecule has 1 aromatic rings. The highest BCUT2D eigenvalue weighted by molar-refractivity contribution is 7.89. The molecule has 2 saturated heterocycles. The highest BCUT2D eigenvalue weighted by Gasteiger charge is 2.57. The van der Waals surface area contributed by atoms with Gasteiger partial charge in [-0.1, -0.05) is 0 Å². The molecule has 0 bridgehead atoms. The van der Waals surface area contributed by atoms with Crippen LogP contribution in [0.25, 0.3) is 0 Å². The van der Waals surface area contributed by atoms with Crippen LogP contribution in [-0.2, 0) is 21.9 Å². The Morgan fingerprint density at radius 1 is 1.36 bits per heavy atom. The zero-order valence-corrected chi connectivity index (χ0v) is 12.7. The van der Waals surface area contributed by atoms with Gasteiger partial charge in [0, 0.05) is 32.8 Å². The van der Waals surface area contributed by atoms with Crippen LogP contribution in [0.3, 0.4) is 0 Å². The van der Waals surface area contributed by atoms with Crippen LogP contribution in [-0.4, -0.2) is 53.7 Å². The Balaban J connectivity index is 1.98. The van der Waals surface area contributed by atoms with Crippen LogP contribution in [0.15, 0.2) is 17.6 Å². The summed E-state index contributed by atoms with van der Waals surface area (Å²) in [4.78, 5) is 15.7. The lowest BCUT2D eigenvalue weighted by Gasteiger charge is -2.41. The average Bonchev–Trinajstić information content (AvgIpc) is 2.96. The molecule has 3 heterocycles. The second-order valence-corrected chi connectivity index (χ2v) is 7.85. The summed E-state index contributed by atoms with van der Waals surface area (Å²) < 4.78 is 55.3. The van der Waals surface area contributed by atoms with E-state index in [2.05, 4.69) is 10.3 Å². The lowest BCUT2D eigenvalue weighted by Crippen LogP contribution is -2.56. The largest absolute Gasteiger partial charge is 0.356 e. The Bertz CT molecular complexity index is 718. The van der Waals surface area contributed by atoms with Gasteiger partial charge in [-0.25, -0.2) is 22.2 Å². The summed E-state index contributed by atoms with van der Waals surface area (Å²) in [5, 5.41) is 2.23. The molecule has 10 heteroatoms. The van der Waals surface area contributed by atoms with Crippen LogP contribution in [0.5, 0.6) is 0 Å².